The predicted molar refractivity (Wildman–Crippen MR) is 87.0 cm³/mol. The number of aliphatic carboxylic acids is 1. The Bertz CT molecular complexity index is 454. The molecule has 0 rings (SSSR count). The van der Waals surface area contributed by atoms with Crippen LogP contribution >= 0.6 is 0 Å². The van der Waals surface area contributed by atoms with Gasteiger partial charge in [-0.3, -0.25) is 4.79 Å². The average molecular weight is 328 g/mol. The number of carbonyl (C=O) groups is 3. The Balaban J connectivity index is 4.72. The van der Waals surface area contributed by atoms with Crippen molar-refractivity contribution in [2.45, 2.75) is 65.6 Å². The quantitative estimate of drug-likeness (QED) is 0.621. The summed E-state index contributed by atoms with van der Waals surface area (Å²) in [6.07, 6.45) is 2.53. The van der Waals surface area contributed by atoms with Gasteiger partial charge in [-0.05, 0) is 33.6 Å². The van der Waals surface area contributed by atoms with E-state index in [9.17, 15) is 14.4 Å². The van der Waals surface area contributed by atoms with Gasteiger partial charge in [0, 0.05) is 6.08 Å². The molecule has 2 amide bonds. The van der Waals surface area contributed by atoms with Gasteiger partial charge < -0.3 is 20.5 Å². The van der Waals surface area contributed by atoms with E-state index in [1.807, 2.05) is 13.8 Å². The molecule has 3 N–H and O–H groups in total. The summed E-state index contributed by atoms with van der Waals surface area (Å²) in [6.45, 7) is 10.6. The molecule has 0 aromatic heterocycles. The molecule has 0 aromatic rings. The second kappa shape index (κ2) is 9.17. The van der Waals surface area contributed by atoms with Crippen LogP contribution in [0.4, 0.5) is 4.79 Å². The van der Waals surface area contributed by atoms with Gasteiger partial charge in [0.2, 0.25) is 5.91 Å². The lowest BCUT2D eigenvalue weighted by atomic mass is 9.98. The van der Waals surface area contributed by atoms with Crippen molar-refractivity contribution >= 4 is 18.0 Å². The number of alkyl carbamates (subject to hydrolysis) is 1. The molecule has 0 saturated heterocycles. The van der Waals surface area contributed by atoms with Gasteiger partial charge in [0.05, 0.1) is 6.04 Å². The minimum absolute atomic E-state index is 0.0586. The molecule has 0 aliphatic rings. The molecular formula is C16H28N2O5. The van der Waals surface area contributed by atoms with Gasteiger partial charge >= 0.3 is 12.1 Å². The Morgan fingerprint density at radius 2 is 1.74 bits per heavy atom. The molecule has 23 heavy (non-hydrogen) atoms. The predicted octanol–water partition coefficient (Wildman–Crippen LogP) is 2.07. The first-order valence-electron chi connectivity index (χ1n) is 7.67. The van der Waals surface area contributed by atoms with Gasteiger partial charge in [0.1, 0.15) is 11.6 Å². The van der Waals surface area contributed by atoms with Gasteiger partial charge in [-0.2, -0.15) is 0 Å². The van der Waals surface area contributed by atoms with Crippen LogP contribution in [0.15, 0.2) is 12.2 Å². The molecule has 0 aliphatic heterocycles. The molecule has 0 saturated carbocycles. The van der Waals surface area contributed by atoms with E-state index in [0.717, 1.165) is 12.5 Å². The molecular weight excluding hydrogens is 300 g/mol. The van der Waals surface area contributed by atoms with Crippen LogP contribution < -0.4 is 10.6 Å². The SMILES string of the molecule is CC[C@H](C)[C@@H](/C=C/C(=O)O)NC(=O)[C@H](C)NC(=O)OC(C)(C)C. The fraction of sp³-hybridized carbons (Fsp3) is 0.688. The highest BCUT2D eigenvalue weighted by Gasteiger charge is 2.23. The fourth-order valence-electron chi connectivity index (χ4n) is 1.66. The standard InChI is InChI=1S/C16H28N2O5/c1-7-10(2)12(8-9-13(19)20)18-14(21)11(3)17-15(22)23-16(4,5)6/h8-12H,7H2,1-6H3,(H,17,22)(H,18,21)(H,19,20)/b9-8+/t10-,11-,12+/m0/s1. The lowest BCUT2D eigenvalue weighted by Gasteiger charge is -2.25. The molecule has 7 heteroatoms. The summed E-state index contributed by atoms with van der Waals surface area (Å²) < 4.78 is 5.09. The van der Waals surface area contributed by atoms with Crippen LogP contribution in [-0.4, -0.2) is 40.8 Å². The Labute approximate surface area is 137 Å². The number of nitrogens with one attached hydrogen (secondary N) is 2. The highest BCUT2D eigenvalue weighted by molar-refractivity contribution is 5.86. The van der Waals surface area contributed by atoms with E-state index in [2.05, 4.69) is 10.6 Å². The Kier molecular flexibility index (Phi) is 8.35. The van der Waals surface area contributed by atoms with Crippen molar-refractivity contribution in [2.24, 2.45) is 5.92 Å². The van der Waals surface area contributed by atoms with Gasteiger partial charge in [0.15, 0.2) is 0 Å². The Morgan fingerprint density at radius 3 is 2.17 bits per heavy atom. The normalized spacial score (nSPS) is 15.6. The van der Waals surface area contributed by atoms with E-state index in [1.165, 1.54) is 13.0 Å². The molecule has 7 nitrogen and oxygen atoms in total. The highest BCUT2D eigenvalue weighted by Crippen LogP contribution is 2.10. The molecule has 0 aliphatic carbocycles. The number of carbonyl (C=O) groups excluding carboxylic acids is 2. The summed E-state index contributed by atoms with van der Waals surface area (Å²) in [7, 11) is 0. The number of hydrogen-bond acceptors (Lipinski definition) is 4. The van der Waals surface area contributed by atoms with Crippen molar-refractivity contribution < 1.29 is 24.2 Å². The van der Waals surface area contributed by atoms with Crippen molar-refractivity contribution in [3.05, 3.63) is 12.2 Å². The summed E-state index contributed by atoms with van der Waals surface area (Å²) >= 11 is 0. The van der Waals surface area contributed by atoms with Gasteiger partial charge in [-0.25, -0.2) is 9.59 Å². The fourth-order valence-corrected chi connectivity index (χ4v) is 1.66. The van der Waals surface area contributed by atoms with Crippen LogP contribution in [0, 0.1) is 5.92 Å². The molecule has 0 fully saturated rings. The zero-order valence-electron chi connectivity index (χ0n) is 14.7. The van der Waals surface area contributed by atoms with Gasteiger partial charge in [0.25, 0.3) is 0 Å². The van der Waals surface area contributed by atoms with E-state index in [1.54, 1.807) is 20.8 Å². The third kappa shape index (κ3) is 9.55. The van der Waals surface area contributed by atoms with E-state index < -0.39 is 35.7 Å². The topological polar surface area (TPSA) is 105 Å². The molecule has 0 radical (unpaired) electrons. The lowest BCUT2D eigenvalue weighted by molar-refractivity contribution is -0.131. The third-order valence-corrected chi connectivity index (χ3v) is 3.14. The van der Waals surface area contributed by atoms with Crippen molar-refractivity contribution in [2.75, 3.05) is 0 Å². The molecule has 0 heterocycles. The summed E-state index contributed by atoms with van der Waals surface area (Å²) in [6, 6.07) is -1.22. The largest absolute Gasteiger partial charge is 0.478 e. The second-order valence-electron chi connectivity index (χ2n) is 6.49. The van der Waals surface area contributed by atoms with Crippen LogP contribution in [0.25, 0.3) is 0 Å². The number of amides is 2. The van der Waals surface area contributed by atoms with Gasteiger partial charge in [-0.1, -0.05) is 26.3 Å². The second-order valence-corrected chi connectivity index (χ2v) is 6.49. The number of carboxylic acid groups (broad SMARTS) is 1. The van der Waals surface area contributed by atoms with E-state index in [-0.39, 0.29) is 5.92 Å². The van der Waals surface area contributed by atoms with Crippen molar-refractivity contribution in [1.29, 1.82) is 0 Å². The van der Waals surface area contributed by atoms with E-state index >= 15 is 0 Å². The van der Waals surface area contributed by atoms with Gasteiger partial charge in [-0.15, -0.1) is 0 Å². The summed E-state index contributed by atoms with van der Waals surface area (Å²) in [5, 5.41) is 13.9. The first kappa shape index (κ1) is 20.9. The number of carboxylic acids is 1. The third-order valence-electron chi connectivity index (χ3n) is 3.14. The van der Waals surface area contributed by atoms with Crippen LogP contribution in [0.1, 0.15) is 48.0 Å². The minimum Gasteiger partial charge on any atom is -0.478 e. The first-order chi connectivity index (χ1) is 10.5. The maximum Gasteiger partial charge on any atom is 0.408 e. The molecule has 132 valence electrons. The van der Waals surface area contributed by atoms with Crippen LogP contribution in [-0.2, 0) is 14.3 Å². The van der Waals surface area contributed by atoms with E-state index in [0.29, 0.717) is 0 Å². The maximum atomic E-state index is 12.2. The number of ether oxygens (including phenoxy) is 1. The van der Waals surface area contributed by atoms with Crippen molar-refractivity contribution in [1.82, 2.24) is 10.6 Å². The molecule has 0 unspecified atom stereocenters. The van der Waals surface area contributed by atoms with Crippen LogP contribution in [0.5, 0.6) is 0 Å². The van der Waals surface area contributed by atoms with E-state index in [4.69, 9.17) is 9.84 Å². The van der Waals surface area contributed by atoms with Crippen molar-refractivity contribution in [3.8, 4) is 0 Å². The summed E-state index contributed by atoms with van der Waals surface area (Å²) in [4.78, 5) is 34.5. The summed E-state index contributed by atoms with van der Waals surface area (Å²) in [5.74, 6) is -1.42. The van der Waals surface area contributed by atoms with Crippen LogP contribution in [0.2, 0.25) is 0 Å². The molecule has 0 spiro atoms. The zero-order chi connectivity index (χ0) is 18.2. The zero-order valence-corrected chi connectivity index (χ0v) is 14.7. The highest BCUT2D eigenvalue weighted by atomic mass is 16.6. The molecule has 0 aromatic carbocycles. The average Bonchev–Trinajstić information content (AvgIpc) is 2.39. The number of hydrogen-bond donors (Lipinski definition) is 3. The first-order valence-corrected chi connectivity index (χ1v) is 7.67. The maximum absolute atomic E-state index is 12.2. The smallest absolute Gasteiger partial charge is 0.408 e. The Morgan fingerprint density at radius 1 is 1.17 bits per heavy atom. The molecule has 0 bridgehead atoms. The summed E-state index contributed by atoms with van der Waals surface area (Å²) in [5.41, 5.74) is -0.649. The number of rotatable bonds is 7. The lowest BCUT2D eigenvalue weighted by Crippen LogP contribution is -2.50. The van der Waals surface area contributed by atoms with Crippen LogP contribution in [0.3, 0.4) is 0 Å². The monoisotopic (exact) mass is 328 g/mol. The van der Waals surface area contributed by atoms with Crippen molar-refractivity contribution in [3.63, 3.8) is 0 Å². The minimum atomic E-state index is -1.08. The molecule has 3 atom stereocenters. The Hall–Kier alpha value is -2.05.